The molecule has 0 heterocycles. The van der Waals surface area contributed by atoms with Gasteiger partial charge < -0.3 is 15.9 Å². The molecule has 1 aromatic rings. The van der Waals surface area contributed by atoms with Gasteiger partial charge in [-0.1, -0.05) is 6.07 Å². The van der Waals surface area contributed by atoms with Crippen molar-refractivity contribution < 1.29 is 15.0 Å². The van der Waals surface area contributed by atoms with Crippen LogP contribution in [0.2, 0.25) is 0 Å². The number of aliphatic carboxylic acids is 1. The molecule has 0 fully saturated rings. The van der Waals surface area contributed by atoms with Crippen molar-refractivity contribution in [1.82, 2.24) is 0 Å². The number of phenolic OH excluding ortho intramolecular Hbond substituents is 1. The Morgan fingerprint density at radius 3 is 2.62 bits per heavy atom. The van der Waals surface area contributed by atoms with Crippen molar-refractivity contribution in [3.63, 3.8) is 0 Å². The zero-order valence-electron chi connectivity index (χ0n) is 7.19. The van der Waals surface area contributed by atoms with Crippen LogP contribution in [0.4, 0.5) is 0 Å². The number of hydrogen-bond acceptors (Lipinski definition) is 3. The maximum absolute atomic E-state index is 10.5. The van der Waals surface area contributed by atoms with Gasteiger partial charge in [0.1, 0.15) is 11.8 Å². The highest BCUT2D eigenvalue weighted by Gasteiger charge is 2.16. The molecule has 1 rings (SSSR count). The van der Waals surface area contributed by atoms with Crippen LogP contribution in [0.15, 0.2) is 18.2 Å². The average molecular weight is 181 g/mol. The first-order chi connectivity index (χ1) is 6.02. The summed E-state index contributed by atoms with van der Waals surface area (Å²) in [5, 5.41) is 17.7. The Morgan fingerprint density at radius 1 is 1.54 bits per heavy atom. The molecule has 0 unspecified atom stereocenters. The molecule has 70 valence electrons. The molecule has 0 saturated heterocycles. The van der Waals surface area contributed by atoms with Crippen molar-refractivity contribution in [2.45, 2.75) is 13.0 Å². The van der Waals surface area contributed by atoms with Gasteiger partial charge in [-0.2, -0.15) is 0 Å². The quantitative estimate of drug-likeness (QED) is 0.629. The van der Waals surface area contributed by atoms with Gasteiger partial charge in [-0.3, -0.25) is 4.79 Å². The summed E-state index contributed by atoms with van der Waals surface area (Å²) in [6, 6.07) is 3.40. The number of carboxylic acids is 1. The molecule has 0 aromatic heterocycles. The normalized spacial score (nSPS) is 12.5. The van der Waals surface area contributed by atoms with Crippen LogP contribution in [0.1, 0.15) is 17.2 Å². The highest BCUT2D eigenvalue weighted by Crippen LogP contribution is 2.20. The minimum Gasteiger partial charge on any atom is -0.508 e. The minimum absolute atomic E-state index is 0.110. The Bertz CT molecular complexity index is 336. The molecule has 0 aliphatic rings. The van der Waals surface area contributed by atoms with E-state index < -0.39 is 12.0 Å². The van der Waals surface area contributed by atoms with E-state index in [1.54, 1.807) is 6.92 Å². The minimum atomic E-state index is -1.08. The topological polar surface area (TPSA) is 83.5 Å². The predicted octanol–water partition coefficient (Wildman–Crippen LogP) is 0.785. The molecule has 1 aromatic carbocycles. The fraction of sp³-hybridized carbons (Fsp3) is 0.222. The Balaban J connectivity index is 3.08. The smallest absolute Gasteiger partial charge is 0.325 e. The average Bonchev–Trinajstić information content (AvgIpc) is 2.03. The number of rotatable bonds is 2. The second-order valence-electron chi connectivity index (χ2n) is 2.86. The van der Waals surface area contributed by atoms with E-state index in [1.807, 2.05) is 0 Å². The zero-order chi connectivity index (χ0) is 10.0. The van der Waals surface area contributed by atoms with Gasteiger partial charge in [0.25, 0.3) is 0 Å². The van der Waals surface area contributed by atoms with E-state index in [4.69, 9.17) is 15.9 Å². The third kappa shape index (κ3) is 1.97. The molecule has 4 nitrogen and oxygen atoms in total. The van der Waals surface area contributed by atoms with Crippen LogP contribution in [0, 0.1) is 6.92 Å². The Hall–Kier alpha value is -1.55. The van der Waals surface area contributed by atoms with E-state index in [2.05, 4.69) is 0 Å². The van der Waals surface area contributed by atoms with Gasteiger partial charge in [-0.25, -0.2) is 0 Å². The van der Waals surface area contributed by atoms with Gasteiger partial charge in [0, 0.05) is 0 Å². The van der Waals surface area contributed by atoms with Crippen molar-refractivity contribution in [1.29, 1.82) is 0 Å². The zero-order valence-corrected chi connectivity index (χ0v) is 7.19. The first kappa shape index (κ1) is 9.54. The fourth-order valence-electron chi connectivity index (χ4n) is 1.14. The van der Waals surface area contributed by atoms with Crippen LogP contribution in [0.3, 0.4) is 0 Å². The number of carboxylic acid groups (broad SMARTS) is 1. The number of aromatic hydroxyl groups is 1. The van der Waals surface area contributed by atoms with Gasteiger partial charge in [-0.05, 0) is 30.2 Å². The van der Waals surface area contributed by atoms with Gasteiger partial charge >= 0.3 is 5.97 Å². The molecule has 0 amide bonds. The van der Waals surface area contributed by atoms with E-state index in [-0.39, 0.29) is 5.75 Å². The summed E-state index contributed by atoms with van der Waals surface area (Å²) in [7, 11) is 0. The molecule has 0 aliphatic carbocycles. The molecule has 0 aliphatic heterocycles. The summed E-state index contributed by atoms with van der Waals surface area (Å²) >= 11 is 0. The van der Waals surface area contributed by atoms with Crippen molar-refractivity contribution in [3.05, 3.63) is 29.3 Å². The lowest BCUT2D eigenvalue weighted by Crippen LogP contribution is -2.21. The molecule has 1 atom stereocenters. The molecule has 0 radical (unpaired) electrons. The highest BCUT2D eigenvalue weighted by molar-refractivity contribution is 5.75. The number of phenols is 1. The van der Waals surface area contributed by atoms with Gasteiger partial charge in [-0.15, -0.1) is 0 Å². The van der Waals surface area contributed by atoms with E-state index in [9.17, 15) is 4.79 Å². The SMILES string of the molecule is Cc1cc(O)ccc1[C@H](N)C(=O)O. The third-order valence-electron chi connectivity index (χ3n) is 1.85. The molecular weight excluding hydrogens is 170 g/mol. The lowest BCUT2D eigenvalue weighted by Gasteiger charge is -2.09. The summed E-state index contributed by atoms with van der Waals surface area (Å²) in [5.74, 6) is -0.965. The molecule has 4 N–H and O–H groups in total. The summed E-state index contributed by atoms with van der Waals surface area (Å²) < 4.78 is 0. The number of aryl methyl sites for hydroxylation is 1. The van der Waals surface area contributed by atoms with E-state index in [1.165, 1.54) is 18.2 Å². The second-order valence-corrected chi connectivity index (χ2v) is 2.86. The maximum Gasteiger partial charge on any atom is 0.325 e. The van der Waals surface area contributed by atoms with Crippen molar-refractivity contribution in [2.75, 3.05) is 0 Å². The number of carbonyl (C=O) groups is 1. The van der Waals surface area contributed by atoms with E-state index in [0.29, 0.717) is 11.1 Å². The number of hydrogen-bond donors (Lipinski definition) is 3. The molecule has 4 heteroatoms. The van der Waals surface area contributed by atoms with Crippen molar-refractivity contribution in [2.24, 2.45) is 5.73 Å². The summed E-state index contributed by atoms with van der Waals surface area (Å²) in [6.07, 6.45) is 0. The van der Waals surface area contributed by atoms with E-state index >= 15 is 0 Å². The van der Waals surface area contributed by atoms with Crippen molar-refractivity contribution in [3.8, 4) is 5.75 Å². The highest BCUT2D eigenvalue weighted by atomic mass is 16.4. The molecule has 13 heavy (non-hydrogen) atoms. The van der Waals surface area contributed by atoms with Gasteiger partial charge in [0.05, 0.1) is 0 Å². The molecule has 0 bridgehead atoms. The first-order valence-electron chi connectivity index (χ1n) is 3.80. The van der Waals surface area contributed by atoms with Crippen molar-refractivity contribution >= 4 is 5.97 Å². The van der Waals surface area contributed by atoms with Crippen LogP contribution in [-0.4, -0.2) is 16.2 Å². The number of nitrogens with two attached hydrogens (primary N) is 1. The van der Waals surface area contributed by atoms with Gasteiger partial charge in [0.2, 0.25) is 0 Å². The molecule has 0 spiro atoms. The lowest BCUT2D eigenvalue weighted by molar-refractivity contribution is -0.138. The Morgan fingerprint density at radius 2 is 2.15 bits per heavy atom. The second kappa shape index (κ2) is 3.45. The van der Waals surface area contributed by atoms with Crippen LogP contribution in [-0.2, 0) is 4.79 Å². The van der Waals surface area contributed by atoms with Crippen LogP contribution >= 0.6 is 0 Å². The maximum atomic E-state index is 10.5. The summed E-state index contributed by atoms with van der Waals surface area (Å²) in [5.41, 5.74) is 6.60. The largest absolute Gasteiger partial charge is 0.508 e. The first-order valence-corrected chi connectivity index (χ1v) is 3.80. The fourth-order valence-corrected chi connectivity index (χ4v) is 1.14. The van der Waals surface area contributed by atoms with Crippen LogP contribution in [0.5, 0.6) is 5.75 Å². The van der Waals surface area contributed by atoms with Crippen LogP contribution in [0.25, 0.3) is 0 Å². The summed E-state index contributed by atoms with van der Waals surface area (Å²) in [4.78, 5) is 10.5. The lowest BCUT2D eigenvalue weighted by atomic mass is 10.0. The Kier molecular flexibility index (Phi) is 2.53. The monoisotopic (exact) mass is 181 g/mol. The van der Waals surface area contributed by atoms with Gasteiger partial charge in [0.15, 0.2) is 0 Å². The third-order valence-corrected chi connectivity index (χ3v) is 1.85. The standard InChI is InChI=1S/C9H11NO3/c1-5-4-6(11)2-3-7(5)8(10)9(12)13/h2-4,8,11H,10H2,1H3,(H,12,13)/t8-/m0/s1. The molecule has 0 saturated carbocycles. The molecular formula is C9H11NO3. The van der Waals surface area contributed by atoms with E-state index in [0.717, 1.165) is 0 Å². The van der Waals surface area contributed by atoms with Crippen LogP contribution < -0.4 is 5.73 Å². The Labute approximate surface area is 75.6 Å². The predicted molar refractivity (Wildman–Crippen MR) is 47.4 cm³/mol. The summed E-state index contributed by atoms with van der Waals surface area (Å²) in [6.45, 7) is 1.71. The number of benzene rings is 1.